The molecule has 2 rings (SSSR count). The van der Waals surface area contributed by atoms with E-state index in [1.807, 2.05) is 4.90 Å². The zero-order chi connectivity index (χ0) is 12.3. The summed E-state index contributed by atoms with van der Waals surface area (Å²) in [4.78, 5) is 16.5. The van der Waals surface area contributed by atoms with Crippen LogP contribution in [-0.4, -0.2) is 55.0 Å². The van der Waals surface area contributed by atoms with Gasteiger partial charge in [0, 0.05) is 38.6 Å². The summed E-state index contributed by atoms with van der Waals surface area (Å²) < 4.78 is 0. The van der Waals surface area contributed by atoms with Gasteiger partial charge in [-0.15, -0.1) is 0 Å². The summed E-state index contributed by atoms with van der Waals surface area (Å²) in [6.07, 6.45) is 5.39. The largest absolute Gasteiger partial charge is 0.340 e. The molecule has 1 amide bonds. The number of rotatable bonds is 2. The maximum atomic E-state index is 12.2. The summed E-state index contributed by atoms with van der Waals surface area (Å²) in [6, 6.07) is 0.250. The fourth-order valence-electron chi connectivity index (χ4n) is 2.90. The van der Waals surface area contributed by atoms with Gasteiger partial charge >= 0.3 is 0 Å². The van der Waals surface area contributed by atoms with Crippen molar-refractivity contribution in [2.45, 2.75) is 38.1 Å². The number of hydrogen-bond donors (Lipinski definition) is 1. The molecule has 2 N–H and O–H groups in total. The van der Waals surface area contributed by atoms with Gasteiger partial charge in [0.25, 0.3) is 0 Å². The van der Waals surface area contributed by atoms with Crippen LogP contribution < -0.4 is 5.73 Å². The maximum Gasteiger partial charge on any atom is 0.222 e. The number of nitrogens with two attached hydrogens (primary N) is 1. The molecular weight excluding hydrogens is 214 g/mol. The first-order chi connectivity index (χ1) is 8.16. The van der Waals surface area contributed by atoms with Gasteiger partial charge in [-0.05, 0) is 25.8 Å². The topological polar surface area (TPSA) is 49.6 Å². The van der Waals surface area contributed by atoms with Crippen LogP contribution in [0.4, 0.5) is 0 Å². The van der Waals surface area contributed by atoms with E-state index in [4.69, 9.17) is 5.73 Å². The Morgan fingerprint density at radius 2 is 1.82 bits per heavy atom. The predicted octanol–water partition coefficient (Wildman–Crippen LogP) is 0.668. The molecule has 4 nitrogen and oxygen atoms in total. The maximum absolute atomic E-state index is 12.2. The Morgan fingerprint density at radius 3 is 2.47 bits per heavy atom. The Morgan fingerprint density at radius 1 is 1.18 bits per heavy atom. The van der Waals surface area contributed by atoms with Gasteiger partial charge in [0.05, 0.1) is 0 Å². The monoisotopic (exact) mass is 239 g/mol. The fraction of sp³-hybridized carbons (Fsp3) is 0.923. The summed E-state index contributed by atoms with van der Waals surface area (Å²) in [6.45, 7) is 3.78. The molecule has 0 aromatic carbocycles. The van der Waals surface area contributed by atoms with Crippen molar-refractivity contribution < 1.29 is 4.79 Å². The van der Waals surface area contributed by atoms with Gasteiger partial charge < -0.3 is 15.5 Å². The lowest BCUT2D eigenvalue weighted by molar-refractivity contribution is -0.134. The van der Waals surface area contributed by atoms with Gasteiger partial charge in [-0.1, -0.05) is 12.8 Å². The molecule has 0 aromatic rings. The zero-order valence-electron chi connectivity index (χ0n) is 10.9. The van der Waals surface area contributed by atoms with Gasteiger partial charge in [-0.25, -0.2) is 0 Å². The lowest BCUT2D eigenvalue weighted by atomic mass is 9.82. The van der Waals surface area contributed by atoms with Gasteiger partial charge in [-0.2, -0.15) is 0 Å². The van der Waals surface area contributed by atoms with Crippen molar-refractivity contribution in [1.82, 2.24) is 9.80 Å². The van der Waals surface area contributed by atoms with E-state index in [-0.39, 0.29) is 6.04 Å². The van der Waals surface area contributed by atoms with Crippen LogP contribution in [0.5, 0.6) is 0 Å². The molecule has 0 radical (unpaired) electrons. The van der Waals surface area contributed by atoms with Crippen LogP contribution in [0.2, 0.25) is 0 Å². The standard InChI is InChI=1S/C13H25N3O/c1-15-6-8-16(9-7-15)13(17)10-11-4-2-3-5-12(11)14/h11-12H,2-10,14H2,1H3. The Labute approximate surface area is 104 Å². The summed E-state index contributed by atoms with van der Waals surface area (Å²) in [5.74, 6) is 0.747. The van der Waals surface area contributed by atoms with Crippen molar-refractivity contribution in [2.75, 3.05) is 33.2 Å². The fourth-order valence-corrected chi connectivity index (χ4v) is 2.90. The molecule has 2 fully saturated rings. The Bertz CT molecular complexity index is 261. The first-order valence-corrected chi connectivity index (χ1v) is 6.88. The lowest BCUT2D eigenvalue weighted by Crippen LogP contribution is -2.48. The normalized spacial score (nSPS) is 31.5. The molecule has 2 aliphatic rings. The third-order valence-corrected chi connectivity index (χ3v) is 4.26. The minimum absolute atomic E-state index is 0.250. The number of amides is 1. The molecule has 1 aliphatic heterocycles. The number of carbonyl (C=O) groups excluding carboxylic acids is 1. The molecule has 2 unspecified atom stereocenters. The van der Waals surface area contributed by atoms with Crippen LogP contribution in [0.3, 0.4) is 0 Å². The highest BCUT2D eigenvalue weighted by Crippen LogP contribution is 2.26. The first kappa shape index (κ1) is 12.8. The molecule has 98 valence electrons. The minimum Gasteiger partial charge on any atom is -0.340 e. The average Bonchev–Trinajstić information content (AvgIpc) is 2.33. The quantitative estimate of drug-likeness (QED) is 0.770. The summed E-state index contributed by atoms with van der Waals surface area (Å²) in [7, 11) is 2.11. The van der Waals surface area contributed by atoms with Crippen molar-refractivity contribution in [3.63, 3.8) is 0 Å². The van der Waals surface area contributed by atoms with Crippen molar-refractivity contribution >= 4 is 5.91 Å². The highest BCUT2D eigenvalue weighted by molar-refractivity contribution is 5.76. The van der Waals surface area contributed by atoms with Crippen LogP contribution in [0.1, 0.15) is 32.1 Å². The molecule has 0 bridgehead atoms. The summed E-state index contributed by atoms with van der Waals surface area (Å²) in [5.41, 5.74) is 6.10. The van der Waals surface area contributed by atoms with E-state index in [9.17, 15) is 4.79 Å². The molecule has 1 heterocycles. The van der Waals surface area contributed by atoms with E-state index >= 15 is 0 Å². The molecule has 1 saturated heterocycles. The Balaban J connectivity index is 1.79. The Hall–Kier alpha value is -0.610. The van der Waals surface area contributed by atoms with E-state index in [2.05, 4.69) is 11.9 Å². The number of carbonyl (C=O) groups is 1. The second-order valence-electron chi connectivity index (χ2n) is 5.60. The Kier molecular flexibility index (Phi) is 4.40. The van der Waals surface area contributed by atoms with E-state index in [1.165, 1.54) is 12.8 Å². The third kappa shape index (κ3) is 3.42. The van der Waals surface area contributed by atoms with Crippen LogP contribution in [0.15, 0.2) is 0 Å². The summed E-state index contributed by atoms with van der Waals surface area (Å²) in [5, 5.41) is 0. The van der Waals surface area contributed by atoms with E-state index in [0.717, 1.165) is 39.0 Å². The lowest BCUT2D eigenvalue weighted by Gasteiger charge is -2.35. The molecule has 17 heavy (non-hydrogen) atoms. The van der Waals surface area contributed by atoms with Crippen LogP contribution >= 0.6 is 0 Å². The molecule has 1 aliphatic carbocycles. The smallest absolute Gasteiger partial charge is 0.222 e. The molecule has 2 atom stereocenters. The second kappa shape index (κ2) is 5.83. The van der Waals surface area contributed by atoms with E-state index < -0.39 is 0 Å². The number of nitrogens with zero attached hydrogens (tertiary/aromatic N) is 2. The number of piperazine rings is 1. The van der Waals surface area contributed by atoms with Crippen LogP contribution in [0, 0.1) is 5.92 Å². The number of likely N-dealkylation sites (N-methyl/N-ethyl adjacent to an activating group) is 1. The van der Waals surface area contributed by atoms with Crippen LogP contribution in [0.25, 0.3) is 0 Å². The predicted molar refractivity (Wildman–Crippen MR) is 68.6 cm³/mol. The van der Waals surface area contributed by atoms with Gasteiger partial charge in [0.15, 0.2) is 0 Å². The van der Waals surface area contributed by atoms with Gasteiger partial charge in [0.2, 0.25) is 5.91 Å². The minimum atomic E-state index is 0.250. The SMILES string of the molecule is CN1CCN(C(=O)CC2CCCCC2N)CC1. The molecule has 0 spiro atoms. The van der Waals surface area contributed by atoms with Crippen LogP contribution in [-0.2, 0) is 4.79 Å². The zero-order valence-corrected chi connectivity index (χ0v) is 10.9. The first-order valence-electron chi connectivity index (χ1n) is 6.88. The van der Waals surface area contributed by atoms with Crippen molar-refractivity contribution in [3.8, 4) is 0 Å². The average molecular weight is 239 g/mol. The van der Waals surface area contributed by atoms with E-state index in [1.54, 1.807) is 0 Å². The molecule has 4 heteroatoms. The third-order valence-electron chi connectivity index (χ3n) is 4.26. The van der Waals surface area contributed by atoms with Crippen molar-refractivity contribution in [2.24, 2.45) is 11.7 Å². The van der Waals surface area contributed by atoms with Crippen molar-refractivity contribution in [3.05, 3.63) is 0 Å². The summed E-state index contributed by atoms with van der Waals surface area (Å²) >= 11 is 0. The van der Waals surface area contributed by atoms with Gasteiger partial charge in [0.1, 0.15) is 0 Å². The number of hydrogen-bond acceptors (Lipinski definition) is 3. The van der Waals surface area contributed by atoms with Gasteiger partial charge in [-0.3, -0.25) is 4.79 Å². The molecule has 1 saturated carbocycles. The molecular formula is C13H25N3O. The highest BCUT2D eigenvalue weighted by atomic mass is 16.2. The van der Waals surface area contributed by atoms with E-state index in [0.29, 0.717) is 18.2 Å². The second-order valence-corrected chi connectivity index (χ2v) is 5.60. The van der Waals surface area contributed by atoms with Crippen molar-refractivity contribution in [1.29, 1.82) is 0 Å². The molecule has 0 aromatic heterocycles. The highest BCUT2D eigenvalue weighted by Gasteiger charge is 2.27.